The zero-order chi connectivity index (χ0) is 13.0. The maximum atomic E-state index is 12.3. The Morgan fingerprint density at radius 3 is 2.89 bits per heavy atom. The zero-order valence-electron chi connectivity index (χ0n) is 10.6. The summed E-state index contributed by atoms with van der Waals surface area (Å²) in [7, 11) is 0. The second-order valence-electron chi connectivity index (χ2n) is 4.82. The van der Waals surface area contributed by atoms with E-state index in [-0.39, 0.29) is 17.9 Å². The smallest absolute Gasteiger partial charge is 0.245 e. The molecule has 1 saturated heterocycles. The standard InChI is InChI=1S/C13H20N2O3/c1-2-8-18-9-7-15-6-5-11(16)14-12(13(15)17)10-3-4-10/h2,10,12H,1,3-9H2,(H,14,16). The van der Waals surface area contributed by atoms with Crippen molar-refractivity contribution in [3.8, 4) is 0 Å². The van der Waals surface area contributed by atoms with Crippen LogP contribution in [0.2, 0.25) is 0 Å². The zero-order valence-corrected chi connectivity index (χ0v) is 10.6. The first-order chi connectivity index (χ1) is 8.72. The third-order valence-electron chi connectivity index (χ3n) is 3.34. The van der Waals surface area contributed by atoms with Crippen molar-refractivity contribution in [2.45, 2.75) is 25.3 Å². The van der Waals surface area contributed by atoms with Crippen molar-refractivity contribution in [2.75, 3.05) is 26.3 Å². The molecule has 0 spiro atoms. The summed E-state index contributed by atoms with van der Waals surface area (Å²) in [6.07, 6.45) is 4.15. The quantitative estimate of drug-likeness (QED) is 0.547. The van der Waals surface area contributed by atoms with Crippen LogP contribution < -0.4 is 5.32 Å². The second kappa shape index (κ2) is 6.00. The molecule has 5 heteroatoms. The lowest BCUT2D eigenvalue weighted by atomic mass is 10.1. The molecule has 1 N–H and O–H groups in total. The van der Waals surface area contributed by atoms with Gasteiger partial charge >= 0.3 is 0 Å². The first-order valence-corrected chi connectivity index (χ1v) is 6.49. The Hall–Kier alpha value is -1.36. The fourth-order valence-corrected chi connectivity index (χ4v) is 2.16. The fraction of sp³-hybridized carbons (Fsp3) is 0.692. The Morgan fingerprint density at radius 2 is 2.22 bits per heavy atom. The second-order valence-corrected chi connectivity index (χ2v) is 4.82. The molecule has 1 aliphatic carbocycles. The molecule has 0 bridgehead atoms. The molecular weight excluding hydrogens is 232 g/mol. The van der Waals surface area contributed by atoms with Gasteiger partial charge in [0.25, 0.3) is 0 Å². The SMILES string of the molecule is C=CCOCCN1CCC(=O)NC(C2CC2)C1=O. The van der Waals surface area contributed by atoms with Gasteiger partial charge in [0.05, 0.1) is 13.2 Å². The third kappa shape index (κ3) is 3.32. The molecule has 18 heavy (non-hydrogen) atoms. The van der Waals surface area contributed by atoms with Crippen molar-refractivity contribution in [3.63, 3.8) is 0 Å². The summed E-state index contributed by atoms with van der Waals surface area (Å²) < 4.78 is 5.30. The van der Waals surface area contributed by atoms with E-state index in [1.54, 1.807) is 11.0 Å². The van der Waals surface area contributed by atoms with Gasteiger partial charge in [-0.15, -0.1) is 6.58 Å². The van der Waals surface area contributed by atoms with Gasteiger partial charge in [0.1, 0.15) is 6.04 Å². The molecule has 2 rings (SSSR count). The van der Waals surface area contributed by atoms with Gasteiger partial charge in [-0.2, -0.15) is 0 Å². The van der Waals surface area contributed by atoms with Crippen LogP contribution in [0.5, 0.6) is 0 Å². The van der Waals surface area contributed by atoms with Crippen LogP contribution in [-0.4, -0.2) is 49.1 Å². The fourth-order valence-electron chi connectivity index (χ4n) is 2.16. The van der Waals surface area contributed by atoms with Crippen molar-refractivity contribution in [3.05, 3.63) is 12.7 Å². The number of hydrogen-bond acceptors (Lipinski definition) is 3. The molecule has 0 radical (unpaired) electrons. The van der Waals surface area contributed by atoms with Crippen molar-refractivity contribution in [2.24, 2.45) is 5.92 Å². The maximum absolute atomic E-state index is 12.3. The molecule has 0 aromatic carbocycles. The van der Waals surface area contributed by atoms with Gasteiger partial charge < -0.3 is 15.0 Å². The lowest BCUT2D eigenvalue weighted by Crippen LogP contribution is -2.46. The third-order valence-corrected chi connectivity index (χ3v) is 3.34. The average Bonchev–Trinajstić information content (AvgIpc) is 3.18. The van der Waals surface area contributed by atoms with E-state index in [2.05, 4.69) is 11.9 Å². The van der Waals surface area contributed by atoms with Crippen LogP contribution in [0.3, 0.4) is 0 Å². The molecule has 1 atom stereocenters. The molecule has 2 amide bonds. The topological polar surface area (TPSA) is 58.6 Å². The van der Waals surface area contributed by atoms with E-state index in [0.29, 0.717) is 38.6 Å². The van der Waals surface area contributed by atoms with E-state index in [4.69, 9.17) is 4.74 Å². The van der Waals surface area contributed by atoms with Crippen LogP contribution in [-0.2, 0) is 14.3 Å². The van der Waals surface area contributed by atoms with Crippen molar-refractivity contribution in [1.82, 2.24) is 10.2 Å². The Labute approximate surface area is 107 Å². The Morgan fingerprint density at radius 1 is 1.44 bits per heavy atom. The summed E-state index contributed by atoms with van der Waals surface area (Å²) in [5.74, 6) is 0.372. The van der Waals surface area contributed by atoms with Crippen LogP contribution >= 0.6 is 0 Å². The van der Waals surface area contributed by atoms with Crippen LogP contribution in [0.4, 0.5) is 0 Å². The minimum absolute atomic E-state index is 0.0187. The summed E-state index contributed by atoms with van der Waals surface area (Å²) in [6.45, 7) is 5.59. The van der Waals surface area contributed by atoms with E-state index < -0.39 is 0 Å². The highest BCUT2D eigenvalue weighted by molar-refractivity contribution is 5.90. The van der Waals surface area contributed by atoms with Gasteiger partial charge in [-0.3, -0.25) is 9.59 Å². The largest absolute Gasteiger partial charge is 0.376 e. The van der Waals surface area contributed by atoms with Gasteiger partial charge in [0, 0.05) is 19.5 Å². The van der Waals surface area contributed by atoms with Crippen LogP contribution in [0.1, 0.15) is 19.3 Å². The van der Waals surface area contributed by atoms with E-state index in [9.17, 15) is 9.59 Å². The van der Waals surface area contributed by atoms with E-state index >= 15 is 0 Å². The normalized spacial score (nSPS) is 24.7. The summed E-state index contributed by atoms with van der Waals surface area (Å²) in [5, 5.41) is 2.84. The maximum Gasteiger partial charge on any atom is 0.245 e. The highest BCUT2D eigenvalue weighted by Gasteiger charge is 2.40. The highest BCUT2D eigenvalue weighted by Crippen LogP contribution is 2.34. The number of carbonyl (C=O) groups is 2. The number of amides is 2. The van der Waals surface area contributed by atoms with Crippen LogP contribution in [0.15, 0.2) is 12.7 Å². The number of hydrogen-bond donors (Lipinski definition) is 1. The van der Waals surface area contributed by atoms with E-state index in [0.717, 1.165) is 12.8 Å². The minimum Gasteiger partial charge on any atom is -0.376 e. The molecule has 2 fully saturated rings. The van der Waals surface area contributed by atoms with Crippen molar-refractivity contribution >= 4 is 11.8 Å². The molecule has 5 nitrogen and oxygen atoms in total. The number of carbonyl (C=O) groups excluding carboxylic acids is 2. The first kappa shape index (κ1) is 13.1. The Bertz CT molecular complexity index is 339. The van der Waals surface area contributed by atoms with E-state index in [1.807, 2.05) is 0 Å². The summed E-state index contributed by atoms with van der Waals surface area (Å²) in [6, 6.07) is -0.306. The van der Waals surface area contributed by atoms with E-state index in [1.165, 1.54) is 0 Å². The summed E-state index contributed by atoms with van der Waals surface area (Å²) >= 11 is 0. The summed E-state index contributed by atoms with van der Waals surface area (Å²) in [4.78, 5) is 25.6. The molecule has 0 aromatic heterocycles. The average molecular weight is 252 g/mol. The van der Waals surface area contributed by atoms with Crippen molar-refractivity contribution in [1.29, 1.82) is 0 Å². The van der Waals surface area contributed by atoms with Gasteiger partial charge in [-0.1, -0.05) is 6.08 Å². The van der Waals surface area contributed by atoms with Gasteiger partial charge in [-0.05, 0) is 18.8 Å². The molecule has 1 heterocycles. The molecule has 1 unspecified atom stereocenters. The van der Waals surface area contributed by atoms with Crippen LogP contribution in [0.25, 0.3) is 0 Å². The van der Waals surface area contributed by atoms with Gasteiger partial charge in [-0.25, -0.2) is 0 Å². The molecule has 1 aliphatic heterocycles. The monoisotopic (exact) mass is 252 g/mol. The van der Waals surface area contributed by atoms with Crippen LogP contribution in [0, 0.1) is 5.92 Å². The lowest BCUT2D eigenvalue weighted by Gasteiger charge is -2.23. The lowest BCUT2D eigenvalue weighted by molar-refractivity contribution is -0.134. The number of nitrogens with one attached hydrogen (secondary N) is 1. The van der Waals surface area contributed by atoms with Gasteiger partial charge in [0.15, 0.2) is 0 Å². The van der Waals surface area contributed by atoms with Gasteiger partial charge in [0.2, 0.25) is 11.8 Å². The molecule has 2 aliphatic rings. The number of nitrogens with zero attached hydrogens (tertiary/aromatic N) is 1. The predicted molar refractivity (Wildman–Crippen MR) is 66.9 cm³/mol. The predicted octanol–water partition coefficient (Wildman–Crippen LogP) is 0.316. The molecule has 0 aromatic rings. The number of rotatable bonds is 6. The highest BCUT2D eigenvalue weighted by atomic mass is 16.5. The molecule has 1 saturated carbocycles. The molecule has 100 valence electrons. The first-order valence-electron chi connectivity index (χ1n) is 6.49. The Kier molecular flexibility index (Phi) is 4.36. The minimum atomic E-state index is -0.306. The van der Waals surface area contributed by atoms with Crippen molar-refractivity contribution < 1.29 is 14.3 Å². The molecular formula is C13H20N2O3. The Balaban J connectivity index is 1.89. The number of ether oxygens (including phenoxy) is 1. The summed E-state index contributed by atoms with van der Waals surface area (Å²) in [5.41, 5.74) is 0.